The van der Waals surface area contributed by atoms with Crippen molar-refractivity contribution >= 4 is 23.4 Å². The lowest BCUT2D eigenvalue weighted by molar-refractivity contribution is 0.119. The highest BCUT2D eigenvalue weighted by Crippen LogP contribution is 2.24. The third-order valence-electron chi connectivity index (χ3n) is 4.56. The fourth-order valence-electron chi connectivity index (χ4n) is 3.34. The maximum absolute atomic E-state index is 14.1. The molecule has 1 aliphatic rings. The third kappa shape index (κ3) is 6.30. The van der Waals surface area contributed by atoms with Gasteiger partial charge in [0.2, 0.25) is 12.2 Å². The minimum Gasteiger partial charge on any atom is -0.488 e. The number of pyridine rings is 1. The molecule has 1 aliphatic heterocycles. The van der Waals surface area contributed by atoms with E-state index in [0.29, 0.717) is 23.9 Å². The van der Waals surface area contributed by atoms with Crippen LogP contribution in [0.25, 0.3) is 0 Å². The Morgan fingerprint density at radius 3 is 2.87 bits per heavy atom. The Hall–Kier alpha value is -3.87. The van der Waals surface area contributed by atoms with E-state index < -0.39 is 11.8 Å². The maximum Gasteiger partial charge on any atom is 0.323 e. The lowest BCUT2D eigenvalue weighted by Crippen LogP contribution is -2.49. The topological polar surface area (TPSA) is 106 Å². The number of aromatic nitrogens is 1. The van der Waals surface area contributed by atoms with E-state index in [4.69, 9.17) is 10.00 Å². The van der Waals surface area contributed by atoms with Crippen LogP contribution in [0.5, 0.6) is 5.75 Å². The first-order valence-corrected chi connectivity index (χ1v) is 9.79. The van der Waals surface area contributed by atoms with Crippen LogP contribution in [0.3, 0.4) is 0 Å². The number of halogens is 1. The average Bonchev–Trinajstić information content (AvgIpc) is 2.72. The molecular weight excluding hydrogens is 401 g/mol. The van der Waals surface area contributed by atoms with Gasteiger partial charge in [-0.3, -0.25) is 4.98 Å². The number of amides is 2. The highest BCUT2D eigenvalue weighted by molar-refractivity contribution is 5.99. The van der Waals surface area contributed by atoms with Crippen LogP contribution in [-0.4, -0.2) is 60.1 Å². The van der Waals surface area contributed by atoms with E-state index in [1.807, 2.05) is 25.2 Å². The molecule has 1 aromatic heterocycles. The number of likely N-dealkylation sites (tertiary alicyclic amines) is 1. The Morgan fingerprint density at radius 1 is 1.35 bits per heavy atom. The number of hydrogen-bond acceptors (Lipinski definition) is 5. The number of aliphatic imine (C=N–C) groups is 1. The van der Waals surface area contributed by atoms with Crippen molar-refractivity contribution < 1.29 is 13.9 Å². The monoisotopic (exact) mass is 425 g/mol. The van der Waals surface area contributed by atoms with Crippen molar-refractivity contribution in [3.63, 3.8) is 0 Å². The van der Waals surface area contributed by atoms with Crippen LogP contribution in [0, 0.1) is 17.3 Å². The first kappa shape index (κ1) is 21.8. The SMILES string of the molecule is CN(C)/C(=N\C#N)N1CCCC(Oc2cc(F)cc(NC(=O)Nc3cccnc3)c2)C1. The quantitative estimate of drug-likeness (QED) is 0.443. The number of piperidine rings is 1. The molecule has 0 radical (unpaired) electrons. The van der Waals surface area contributed by atoms with Gasteiger partial charge in [0.1, 0.15) is 17.7 Å². The number of rotatable bonds is 4. The number of hydrogen-bond donors (Lipinski definition) is 2. The molecular formula is C21H24FN7O2. The van der Waals surface area contributed by atoms with Gasteiger partial charge >= 0.3 is 6.03 Å². The van der Waals surface area contributed by atoms with Crippen molar-refractivity contribution in [1.82, 2.24) is 14.8 Å². The standard InChI is InChI=1S/C21H24FN7O2/c1-28(2)21(25-14-23)29-8-4-6-18(13-29)31-19-10-15(22)9-17(11-19)27-20(30)26-16-5-3-7-24-12-16/h3,5,7,9-12,18H,4,6,8,13H2,1-2H3,(H2,26,27,30)/b25-21+. The highest BCUT2D eigenvalue weighted by atomic mass is 19.1. The van der Waals surface area contributed by atoms with Crippen LogP contribution in [0.15, 0.2) is 47.7 Å². The van der Waals surface area contributed by atoms with Crippen LogP contribution in [0.4, 0.5) is 20.6 Å². The maximum atomic E-state index is 14.1. The second kappa shape index (κ2) is 10.2. The van der Waals surface area contributed by atoms with Crippen LogP contribution in [0.2, 0.25) is 0 Å². The predicted octanol–water partition coefficient (Wildman–Crippen LogP) is 3.11. The van der Waals surface area contributed by atoms with E-state index in [0.717, 1.165) is 19.4 Å². The number of guanidine groups is 1. The van der Waals surface area contributed by atoms with Gasteiger partial charge in [-0.05, 0) is 31.0 Å². The summed E-state index contributed by atoms with van der Waals surface area (Å²) in [5.41, 5.74) is 0.787. The van der Waals surface area contributed by atoms with E-state index in [2.05, 4.69) is 20.6 Å². The van der Waals surface area contributed by atoms with Gasteiger partial charge in [0.15, 0.2) is 0 Å². The van der Waals surface area contributed by atoms with Gasteiger partial charge in [-0.25, -0.2) is 9.18 Å². The highest BCUT2D eigenvalue weighted by Gasteiger charge is 2.25. The summed E-state index contributed by atoms with van der Waals surface area (Å²) in [6.07, 6.45) is 6.34. The molecule has 162 valence electrons. The molecule has 9 nitrogen and oxygen atoms in total. The number of nitrogens with zero attached hydrogens (tertiary/aromatic N) is 5. The molecule has 1 atom stereocenters. The second-order valence-electron chi connectivity index (χ2n) is 7.23. The number of benzene rings is 1. The fourth-order valence-corrected chi connectivity index (χ4v) is 3.34. The number of nitriles is 1. The van der Waals surface area contributed by atoms with Gasteiger partial charge in [0.05, 0.1) is 18.4 Å². The molecule has 2 amide bonds. The van der Waals surface area contributed by atoms with Crippen LogP contribution < -0.4 is 15.4 Å². The molecule has 2 aromatic rings. The number of carbonyl (C=O) groups excluding carboxylic acids is 1. The second-order valence-corrected chi connectivity index (χ2v) is 7.23. The minimum absolute atomic E-state index is 0.212. The molecule has 1 unspecified atom stereocenters. The van der Waals surface area contributed by atoms with Crippen molar-refractivity contribution in [3.8, 4) is 11.9 Å². The number of ether oxygens (including phenoxy) is 1. The van der Waals surface area contributed by atoms with Gasteiger partial charge in [-0.1, -0.05) is 0 Å². The van der Waals surface area contributed by atoms with Crippen LogP contribution in [0.1, 0.15) is 12.8 Å². The van der Waals surface area contributed by atoms with E-state index in [-0.39, 0.29) is 11.8 Å². The molecule has 2 heterocycles. The van der Waals surface area contributed by atoms with Crippen molar-refractivity contribution in [2.75, 3.05) is 37.8 Å². The number of carbonyl (C=O) groups is 1. The summed E-state index contributed by atoms with van der Waals surface area (Å²) in [5, 5.41) is 14.2. The number of nitrogens with one attached hydrogen (secondary N) is 2. The molecule has 0 saturated carbocycles. The summed E-state index contributed by atoms with van der Waals surface area (Å²) in [6.45, 7) is 1.27. The average molecular weight is 425 g/mol. The first-order chi connectivity index (χ1) is 14.9. The molecule has 2 N–H and O–H groups in total. The Kier molecular flexibility index (Phi) is 7.22. The molecule has 1 saturated heterocycles. The Morgan fingerprint density at radius 2 is 2.16 bits per heavy atom. The molecule has 0 bridgehead atoms. The molecule has 0 aliphatic carbocycles. The molecule has 3 rings (SSSR count). The number of anilines is 2. The summed E-state index contributed by atoms with van der Waals surface area (Å²) in [7, 11) is 3.64. The van der Waals surface area contributed by atoms with Crippen LogP contribution in [-0.2, 0) is 0 Å². The lowest BCUT2D eigenvalue weighted by atomic mass is 10.1. The van der Waals surface area contributed by atoms with E-state index in [1.54, 1.807) is 29.3 Å². The van der Waals surface area contributed by atoms with Gasteiger partial charge in [-0.15, -0.1) is 4.99 Å². The summed E-state index contributed by atoms with van der Waals surface area (Å²) in [4.78, 5) is 23.7. The van der Waals surface area contributed by atoms with Gasteiger partial charge in [0, 0.05) is 44.7 Å². The summed E-state index contributed by atoms with van der Waals surface area (Å²) >= 11 is 0. The molecule has 10 heteroatoms. The van der Waals surface area contributed by atoms with Gasteiger partial charge in [0.25, 0.3) is 0 Å². The minimum atomic E-state index is -0.526. The predicted molar refractivity (Wildman–Crippen MR) is 115 cm³/mol. The van der Waals surface area contributed by atoms with Crippen LogP contribution >= 0.6 is 0 Å². The van der Waals surface area contributed by atoms with Gasteiger partial charge < -0.3 is 25.2 Å². The smallest absolute Gasteiger partial charge is 0.323 e. The Bertz CT molecular complexity index is 975. The zero-order valence-corrected chi connectivity index (χ0v) is 17.4. The van der Waals surface area contributed by atoms with E-state index in [9.17, 15) is 9.18 Å². The molecule has 0 spiro atoms. The summed E-state index contributed by atoms with van der Waals surface area (Å²) in [6, 6.07) is 6.93. The molecule has 31 heavy (non-hydrogen) atoms. The van der Waals surface area contributed by atoms with Crippen molar-refractivity contribution in [2.45, 2.75) is 18.9 Å². The number of urea groups is 1. The summed E-state index contributed by atoms with van der Waals surface area (Å²) < 4.78 is 20.1. The summed E-state index contributed by atoms with van der Waals surface area (Å²) in [5.74, 6) is 0.346. The Balaban J connectivity index is 1.65. The molecule has 1 aromatic carbocycles. The lowest BCUT2D eigenvalue weighted by Gasteiger charge is -2.36. The van der Waals surface area contributed by atoms with Crippen molar-refractivity contribution in [1.29, 1.82) is 5.26 Å². The fraction of sp³-hybridized carbons (Fsp3) is 0.333. The van der Waals surface area contributed by atoms with Crippen molar-refractivity contribution in [3.05, 3.63) is 48.5 Å². The molecule has 1 fully saturated rings. The van der Waals surface area contributed by atoms with E-state index >= 15 is 0 Å². The van der Waals surface area contributed by atoms with E-state index in [1.165, 1.54) is 18.3 Å². The zero-order valence-electron chi connectivity index (χ0n) is 17.4. The first-order valence-electron chi connectivity index (χ1n) is 9.79. The van der Waals surface area contributed by atoms with Crippen molar-refractivity contribution in [2.24, 2.45) is 4.99 Å². The Labute approximate surface area is 180 Å². The third-order valence-corrected chi connectivity index (χ3v) is 4.56. The van der Waals surface area contributed by atoms with Gasteiger partial charge in [-0.2, -0.15) is 5.26 Å². The zero-order chi connectivity index (χ0) is 22.2. The normalized spacial score (nSPS) is 16.3. The largest absolute Gasteiger partial charge is 0.488 e.